The van der Waals surface area contributed by atoms with Gasteiger partial charge in [-0.15, -0.1) is 0 Å². The van der Waals surface area contributed by atoms with E-state index in [-0.39, 0.29) is 5.82 Å². The molecule has 2 nitrogen and oxygen atoms in total. The van der Waals surface area contributed by atoms with Crippen molar-refractivity contribution < 1.29 is 4.39 Å². The molecule has 21 heavy (non-hydrogen) atoms. The van der Waals surface area contributed by atoms with Crippen molar-refractivity contribution >= 4 is 5.69 Å². The normalized spacial score (nSPS) is 17.7. The quantitative estimate of drug-likeness (QED) is 0.852. The third kappa shape index (κ3) is 3.05. The average molecular weight is 280 g/mol. The maximum Gasteiger partial charge on any atom is 0.123 e. The predicted octanol–water partition coefficient (Wildman–Crippen LogP) is 3.91. The fraction of sp³-hybridized carbons (Fsp3) is 0.278. The van der Waals surface area contributed by atoms with Crippen LogP contribution in [0.25, 0.3) is 0 Å². The number of hydrogen-bond donors (Lipinski definition) is 0. The zero-order valence-corrected chi connectivity index (χ0v) is 11.8. The van der Waals surface area contributed by atoms with Crippen molar-refractivity contribution in [3.8, 4) is 6.07 Å². The Hall–Kier alpha value is -2.34. The molecule has 1 fully saturated rings. The average Bonchev–Trinajstić information content (AvgIpc) is 2.98. The molecular weight excluding hydrogens is 263 g/mol. The predicted molar refractivity (Wildman–Crippen MR) is 81.6 cm³/mol. The minimum atomic E-state index is -0.186. The van der Waals surface area contributed by atoms with Crippen LogP contribution in [-0.2, 0) is 6.42 Å². The van der Waals surface area contributed by atoms with Gasteiger partial charge in [0.15, 0.2) is 0 Å². The number of anilines is 1. The van der Waals surface area contributed by atoms with Gasteiger partial charge in [0.1, 0.15) is 5.82 Å². The van der Waals surface area contributed by atoms with Crippen LogP contribution < -0.4 is 4.90 Å². The van der Waals surface area contributed by atoms with Crippen LogP contribution in [0, 0.1) is 17.1 Å². The fourth-order valence-electron chi connectivity index (χ4n) is 3.01. The van der Waals surface area contributed by atoms with Crippen molar-refractivity contribution in [1.82, 2.24) is 0 Å². The Labute approximate surface area is 124 Å². The lowest BCUT2D eigenvalue weighted by atomic mass is 10.0. The molecule has 106 valence electrons. The van der Waals surface area contributed by atoms with Gasteiger partial charge in [0, 0.05) is 18.3 Å². The maximum atomic E-state index is 13.0. The number of nitrogens with zero attached hydrogens (tertiary/aromatic N) is 2. The zero-order chi connectivity index (χ0) is 14.7. The van der Waals surface area contributed by atoms with Crippen molar-refractivity contribution in [2.24, 2.45) is 0 Å². The summed E-state index contributed by atoms with van der Waals surface area (Å²) in [7, 11) is 0. The summed E-state index contributed by atoms with van der Waals surface area (Å²) >= 11 is 0. The molecule has 1 saturated heterocycles. The van der Waals surface area contributed by atoms with Gasteiger partial charge in [-0.05, 0) is 61.2 Å². The van der Waals surface area contributed by atoms with Gasteiger partial charge in [-0.3, -0.25) is 0 Å². The first kappa shape index (κ1) is 13.6. The van der Waals surface area contributed by atoms with Crippen molar-refractivity contribution in [3.63, 3.8) is 0 Å². The van der Waals surface area contributed by atoms with Crippen molar-refractivity contribution in [2.75, 3.05) is 11.4 Å². The topological polar surface area (TPSA) is 27.0 Å². The highest BCUT2D eigenvalue weighted by atomic mass is 19.1. The van der Waals surface area contributed by atoms with E-state index in [2.05, 4.69) is 11.0 Å². The molecular formula is C18H17FN2. The third-order valence-electron chi connectivity index (χ3n) is 4.09. The first-order valence-corrected chi connectivity index (χ1v) is 7.27. The molecule has 0 radical (unpaired) electrons. The molecule has 0 amide bonds. The summed E-state index contributed by atoms with van der Waals surface area (Å²) in [5.41, 5.74) is 3.02. The van der Waals surface area contributed by atoms with Crippen molar-refractivity contribution in [1.29, 1.82) is 5.26 Å². The highest BCUT2D eigenvalue weighted by Crippen LogP contribution is 2.28. The van der Waals surface area contributed by atoms with E-state index in [9.17, 15) is 4.39 Å². The molecule has 1 heterocycles. The molecule has 0 aliphatic carbocycles. The van der Waals surface area contributed by atoms with Gasteiger partial charge in [0.2, 0.25) is 0 Å². The lowest BCUT2D eigenvalue weighted by Crippen LogP contribution is -2.30. The van der Waals surface area contributed by atoms with Crippen LogP contribution in [0.1, 0.15) is 24.0 Å². The van der Waals surface area contributed by atoms with E-state index in [1.165, 1.54) is 29.8 Å². The number of halogens is 1. The van der Waals surface area contributed by atoms with Gasteiger partial charge in [-0.1, -0.05) is 12.1 Å². The third-order valence-corrected chi connectivity index (χ3v) is 4.09. The van der Waals surface area contributed by atoms with Crippen LogP contribution in [0.3, 0.4) is 0 Å². The summed E-state index contributed by atoms with van der Waals surface area (Å²) in [5.74, 6) is -0.186. The maximum absolute atomic E-state index is 13.0. The van der Waals surface area contributed by atoms with Crippen molar-refractivity contribution in [3.05, 3.63) is 65.5 Å². The minimum absolute atomic E-state index is 0.186. The Morgan fingerprint density at radius 3 is 2.48 bits per heavy atom. The second-order valence-corrected chi connectivity index (χ2v) is 5.48. The van der Waals surface area contributed by atoms with Crippen LogP contribution in [-0.4, -0.2) is 12.6 Å². The van der Waals surface area contributed by atoms with E-state index in [1.54, 1.807) is 0 Å². The highest BCUT2D eigenvalue weighted by molar-refractivity contribution is 5.51. The van der Waals surface area contributed by atoms with Crippen LogP contribution in [0.4, 0.5) is 10.1 Å². The molecule has 3 heteroatoms. The second kappa shape index (κ2) is 5.97. The van der Waals surface area contributed by atoms with Gasteiger partial charge in [-0.25, -0.2) is 4.39 Å². The molecule has 0 N–H and O–H groups in total. The molecule has 1 aliphatic rings. The molecule has 2 aromatic carbocycles. The lowest BCUT2D eigenvalue weighted by Gasteiger charge is -2.27. The van der Waals surface area contributed by atoms with Gasteiger partial charge in [0.25, 0.3) is 0 Å². The summed E-state index contributed by atoms with van der Waals surface area (Å²) in [6.45, 7) is 1.04. The van der Waals surface area contributed by atoms with E-state index >= 15 is 0 Å². The molecule has 1 aliphatic heterocycles. The zero-order valence-electron chi connectivity index (χ0n) is 11.8. The molecule has 2 aromatic rings. The number of hydrogen-bond acceptors (Lipinski definition) is 2. The summed E-state index contributed by atoms with van der Waals surface area (Å²) in [4.78, 5) is 2.39. The van der Waals surface area contributed by atoms with E-state index in [0.29, 0.717) is 11.6 Å². The molecule has 0 bridgehead atoms. The van der Waals surface area contributed by atoms with Crippen LogP contribution in [0.2, 0.25) is 0 Å². The first-order valence-electron chi connectivity index (χ1n) is 7.27. The van der Waals surface area contributed by atoms with E-state index in [0.717, 1.165) is 19.4 Å². The minimum Gasteiger partial charge on any atom is -0.368 e. The smallest absolute Gasteiger partial charge is 0.123 e. The van der Waals surface area contributed by atoms with Gasteiger partial charge >= 0.3 is 0 Å². The van der Waals surface area contributed by atoms with E-state index in [1.807, 2.05) is 36.4 Å². The van der Waals surface area contributed by atoms with Gasteiger partial charge in [0.05, 0.1) is 11.6 Å². The van der Waals surface area contributed by atoms with Gasteiger partial charge in [-0.2, -0.15) is 5.26 Å². The summed E-state index contributed by atoms with van der Waals surface area (Å²) in [5, 5.41) is 8.87. The Kier molecular flexibility index (Phi) is 3.87. The Balaban J connectivity index is 1.75. The lowest BCUT2D eigenvalue weighted by molar-refractivity contribution is 0.623. The van der Waals surface area contributed by atoms with E-state index < -0.39 is 0 Å². The molecule has 0 spiro atoms. The second-order valence-electron chi connectivity index (χ2n) is 5.48. The number of nitriles is 1. The van der Waals surface area contributed by atoms with Crippen molar-refractivity contribution in [2.45, 2.75) is 25.3 Å². The first-order chi connectivity index (χ1) is 10.3. The molecule has 1 atom stereocenters. The molecule has 1 unspecified atom stereocenters. The standard InChI is InChI=1S/C18H17FN2/c19-16-7-3-14(4-8-16)12-18-2-1-11-21(18)17-9-5-15(13-20)6-10-17/h3-10,18H,1-2,11-12H2. The van der Waals surface area contributed by atoms with E-state index in [4.69, 9.17) is 5.26 Å². The summed E-state index contributed by atoms with van der Waals surface area (Å²) < 4.78 is 13.0. The number of rotatable bonds is 3. The monoisotopic (exact) mass is 280 g/mol. The fourth-order valence-corrected chi connectivity index (χ4v) is 3.01. The Morgan fingerprint density at radius 2 is 1.81 bits per heavy atom. The highest BCUT2D eigenvalue weighted by Gasteiger charge is 2.24. The SMILES string of the molecule is N#Cc1ccc(N2CCCC2Cc2ccc(F)cc2)cc1. The Bertz CT molecular complexity index is 640. The molecule has 0 saturated carbocycles. The summed E-state index contributed by atoms with van der Waals surface area (Å²) in [6, 6.07) is 17.1. The van der Waals surface area contributed by atoms with Crippen LogP contribution in [0.15, 0.2) is 48.5 Å². The Morgan fingerprint density at radius 1 is 1.10 bits per heavy atom. The number of benzene rings is 2. The van der Waals surface area contributed by atoms with Gasteiger partial charge < -0.3 is 4.90 Å². The summed E-state index contributed by atoms with van der Waals surface area (Å²) in [6.07, 6.45) is 3.25. The largest absolute Gasteiger partial charge is 0.368 e. The van der Waals surface area contributed by atoms with Crippen LogP contribution in [0.5, 0.6) is 0 Å². The molecule has 0 aromatic heterocycles. The molecule has 3 rings (SSSR count). The van der Waals surface area contributed by atoms with Crippen LogP contribution >= 0.6 is 0 Å².